The first-order valence-electron chi connectivity index (χ1n) is 6.79. The number of hydrogen-bond donors (Lipinski definition) is 1. The van der Waals surface area contributed by atoms with Crippen molar-refractivity contribution in [3.8, 4) is 0 Å². The predicted octanol–water partition coefficient (Wildman–Crippen LogP) is 1.85. The maximum absolute atomic E-state index is 11.5. The molecule has 2 unspecified atom stereocenters. The van der Waals surface area contributed by atoms with E-state index in [0.717, 1.165) is 24.9 Å². The minimum absolute atomic E-state index is 0.0749. The van der Waals surface area contributed by atoms with E-state index < -0.39 is 9.84 Å². The van der Waals surface area contributed by atoms with Gasteiger partial charge in [-0.25, -0.2) is 8.42 Å². The molecule has 1 aromatic rings. The highest BCUT2D eigenvalue weighted by Gasteiger charge is 2.30. The molecule has 1 aliphatic rings. The molecule has 0 saturated carbocycles. The van der Waals surface area contributed by atoms with Gasteiger partial charge in [0.2, 0.25) is 0 Å². The van der Waals surface area contributed by atoms with E-state index in [9.17, 15) is 8.42 Å². The van der Waals surface area contributed by atoms with E-state index >= 15 is 0 Å². The molecular weight excluding hydrogens is 296 g/mol. The van der Waals surface area contributed by atoms with Crippen LogP contribution in [-0.4, -0.2) is 44.5 Å². The van der Waals surface area contributed by atoms with Gasteiger partial charge in [-0.3, -0.25) is 0 Å². The second-order valence-electron chi connectivity index (χ2n) is 5.49. The van der Waals surface area contributed by atoms with Crippen molar-refractivity contribution in [1.29, 1.82) is 0 Å². The summed E-state index contributed by atoms with van der Waals surface area (Å²) in [5.41, 5.74) is 7.18. The SMILES string of the molecule is CN(CCC(N)c1cccc(Cl)c1)C1CCS(=O)(=O)C1. The molecule has 20 heavy (non-hydrogen) atoms. The molecule has 6 heteroatoms. The highest BCUT2D eigenvalue weighted by atomic mass is 35.5. The summed E-state index contributed by atoms with van der Waals surface area (Å²) in [7, 11) is -0.859. The Kier molecular flexibility index (Phi) is 5.07. The zero-order valence-corrected chi connectivity index (χ0v) is 13.2. The summed E-state index contributed by atoms with van der Waals surface area (Å²) in [4.78, 5) is 2.11. The Morgan fingerprint density at radius 1 is 1.50 bits per heavy atom. The van der Waals surface area contributed by atoms with Crippen molar-refractivity contribution >= 4 is 21.4 Å². The molecule has 1 aliphatic heterocycles. The molecule has 4 nitrogen and oxygen atoms in total. The first kappa shape index (κ1) is 15.8. The molecule has 0 amide bonds. The molecule has 0 aliphatic carbocycles. The monoisotopic (exact) mass is 316 g/mol. The summed E-state index contributed by atoms with van der Waals surface area (Å²) < 4.78 is 23.0. The zero-order valence-electron chi connectivity index (χ0n) is 11.6. The Balaban J connectivity index is 1.86. The van der Waals surface area contributed by atoms with E-state index in [2.05, 4.69) is 4.90 Å². The first-order chi connectivity index (χ1) is 9.37. The lowest BCUT2D eigenvalue weighted by Gasteiger charge is -2.24. The van der Waals surface area contributed by atoms with Gasteiger partial charge in [-0.05, 0) is 44.1 Å². The summed E-state index contributed by atoms with van der Waals surface area (Å²) in [5, 5.41) is 0.688. The first-order valence-corrected chi connectivity index (χ1v) is 8.99. The summed E-state index contributed by atoms with van der Waals surface area (Å²) in [6.45, 7) is 0.786. The molecule has 0 radical (unpaired) electrons. The third-order valence-corrected chi connectivity index (χ3v) is 5.89. The molecule has 1 saturated heterocycles. The molecule has 0 aromatic heterocycles. The summed E-state index contributed by atoms with van der Waals surface area (Å²) in [6.07, 6.45) is 1.51. The number of benzene rings is 1. The van der Waals surface area contributed by atoms with Gasteiger partial charge >= 0.3 is 0 Å². The van der Waals surface area contributed by atoms with Gasteiger partial charge in [0.25, 0.3) is 0 Å². The Morgan fingerprint density at radius 3 is 2.85 bits per heavy atom. The third kappa shape index (κ3) is 4.19. The molecule has 1 heterocycles. The summed E-state index contributed by atoms with van der Waals surface area (Å²) in [6, 6.07) is 7.63. The van der Waals surface area contributed by atoms with Crippen molar-refractivity contribution in [2.45, 2.75) is 24.9 Å². The lowest BCUT2D eigenvalue weighted by molar-refractivity contribution is 0.252. The van der Waals surface area contributed by atoms with Gasteiger partial charge in [0.1, 0.15) is 0 Å². The van der Waals surface area contributed by atoms with Crippen LogP contribution in [0.5, 0.6) is 0 Å². The third-order valence-electron chi connectivity index (χ3n) is 3.90. The van der Waals surface area contributed by atoms with Crippen LogP contribution in [0, 0.1) is 0 Å². The normalized spacial score (nSPS) is 23.1. The predicted molar refractivity (Wildman–Crippen MR) is 82.7 cm³/mol. The van der Waals surface area contributed by atoms with Crippen LogP contribution in [-0.2, 0) is 9.84 Å². The van der Waals surface area contributed by atoms with Crippen LogP contribution in [0.25, 0.3) is 0 Å². The number of nitrogens with zero attached hydrogens (tertiary/aromatic N) is 1. The van der Waals surface area contributed by atoms with E-state index in [-0.39, 0.29) is 17.8 Å². The smallest absolute Gasteiger partial charge is 0.151 e. The second-order valence-corrected chi connectivity index (χ2v) is 8.15. The van der Waals surface area contributed by atoms with Gasteiger partial charge in [0.05, 0.1) is 11.5 Å². The molecule has 2 rings (SSSR count). The van der Waals surface area contributed by atoms with Gasteiger partial charge in [-0.15, -0.1) is 0 Å². The van der Waals surface area contributed by atoms with Crippen LogP contribution in [0.3, 0.4) is 0 Å². The zero-order chi connectivity index (χ0) is 14.8. The average molecular weight is 317 g/mol. The quantitative estimate of drug-likeness (QED) is 0.900. The molecule has 2 N–H and O–H groups in total. The average Bonchev–Trinajstić information content (AvgIpc) is 2.76. The Labute approximate surface area is 125 Å². The van der Waals surface area contributed by atoms with Crippen molar-refractivity contribution in [2.24, 2.45) is 5.73 Å². The van der Waals surface area contributed by atoms with E-state index in [0.29, 0.717) is 10.8 Å². The second kappa shape index (κ2) is 6.43. The molecule has 112 valence electrons. The molecular formula is C14H21ClN2O2S. The van der Waals surface area contributed by atoms with Crippen molar-refractivity contribution in [3.05, 3.63) is 34.9 Å². The summed E-state index contributed by atoms with van der Waals surface area (Å²) in [5.74, 6) is 0.582. The van der Waals surface area contributed by atoms with Gasteiger partial charge in [-0.1, -0.05) is 23.7 Å². The molecule has 0 spiro atoms. The number of sulfone groups is 1. The van der Waals surface area contributed by atoms with E-state index in [1.807, 2.05) is 31.3 Å². The maximum atomic E-state index is 11.5. The molecule has 0 bridgehead atoms. The van der Waals surface area contributed by atoms with Crippen molar-refractivity contribution in [3.63, 3.8) is 0 Å². The van der Waals surface area contributed by atoms with E-state index in [4.69, 9.17) is 17.3 Å². The molecule has 2 atom stereocenters. The Bertz CT molecular complexity index is 562. The van der Waals surface area contributed by atoms with E-state index in [1.165, 1.54) is 0 Å². The minimum Gasteiger partial charge on any atom is -0.324 e. The maximum Gasteiger partial charge on any atom is 0.151 e. The van der Waals surface area contributed by atoms with E-state index in [1.54, 1.807) is 0 Å². The van der Waals surface area contributed by atoms with Crippen LogP contribution in [0.4, 0.5) is 0 Å². The fourth-order valence-electron chi connectivity index (χ4n) is 2.55. The van der Waals surface area contributed by atoms with Gasteiger partial charge < -0.3 is 10.6 Å². The van der Waals surface area contributed by atoms with Crippen molar-refractivity contribution in [1.82, 2.24) is 4.90 Å². The van der Waals surface area contributed by atoms with Crippen LogP contribution in [0.1, 0.15) is 24.4 Å². The lowest BCUT2D eigenvalue weighted by Crippen LogP contribution is -2.34. The fraction of sp³-hybridized carbons (Fsp3) is 0.571. The van der Waals surface area contributed by atoms with Crippen LogP contribution in [0.2, 0.25) is 5.02 Å². The minimum atomic E-state index is -2.83. The van der Waals surface area contributed by atoms with Crippen LogP contribution >= 0.6 is 11.6 Å². The Hall–Kier alpha value is -0.620. The lowest BCUT2D eigenvalue weighted by atomic mass is 10.0. The number of nitrogens with two attached hydrogens (primary N) is 1. The molecule has 1 fully saturated rings. The van der Waals surface area contributed by atoms with Gasteiger partial charge in [0.15, 0.2) is 9.84 Å². The number of hydrogen-bond acceptors (Lipinski definition) is 4. The largest absolute Gasteiger partial charge is 0.324 e. The highest BCUT2D eigenvalue weighted by molar-refractivity contribution is 7.91. The molecule has 1 aromatic carbocycles. The number of halogens is 1. The van der Waals surface area contributed by atoms with Gasteiger partial charge in [0, 0.05) is 17.1 Å². The van der Waals surface area contributed by atoms with Crippen LogP contribution in [0.15, 0.2) is 24.3 Å². The summed E-state index contributed by atoms with van der Waals surface area (Å²) >= 11 is 5.95. The van der Waals surface area contributed by atoms with Crippen molar-refractivity contribution < 1.29 is 8.42 Å². The fourth-order valence-corrected chi connectivity index (χ4v) is 4.56. The highest BCUT2D eigenvalue weighted by Crippen LogP contribution is 2.21. The number of rotatable bonds is 5. The van der Waals surface area contributed by atoms with Crippen LogP contribution < -0.4 is 5.73 Å². The topological polar surface area (TPSA) is 63.4 Å². The van der Waals surface area contributed by atoms with Crippen molar-refractivity contribution in [2.75, 3.05) is 25.1 Å². The Morgan fingerprint density at radius 2 is 2.25 bits per heavy atom. The standard InChI is InChI=1S/C14H21ClN2O2S/c1-17(13-6-8-20(18,19)10-13)7-5-14(16)11-3-2-4-12(15)9-11/h2-4,9,13-14H,5-8,10,16H2,1H3. The van der Waals surface area contributed by atoms with Gasteiger partial charge in [-0.2, -0.15) is 0 Å².